The van der Waals surface area contributed by atoms with Gasteiger partial charge in [-0.3, -0.25) is 4.79 Å². The number of hydrogen-bond acceptors (Lipinski definition) is 5. The summed E-state index contributed by atoms with van der Waals surface area (Å²) < 4.78 is 50.9. The summed E-state index contributed by atoms with van der Waals surface area (Å²) in [5.41, 5.74) is -0.236. The monoisotopic (exact) mass is 425 g/mol. The van der Waals surface area contributed by atoms with Crippen LogP contribution in [-0.2, 0) is 11.0 Å². The first-order valence-corrected chi connectivity index (χ1v) is 9.94. The molecule has 0 saturated heterocycles. The third kappa shape index (κ3) is 4.53. The molecule has 4 nitrogen and oxygen atoms in total. The lowest BCUT2D eigenvalue weighted by Gasteiger charge is -2.15. The predicted molar refractivity (Wildman–Crippen MR) is 106 cm³/mol. The molecule has 3 rings (SSSR count). The van der Waals surface area contributed by atoms with Crippen LogP contribution in [0.4, 0.5) is 13.2 Å². The molecule has 0 atom stereocenters. The Morgan fingerprint density at radius 2 is 1.86 bits per heavy atom. The first kappa shape index (κ1) is 20.3. The molecule has 0 saturated carbocycles. The van der Waals surface area contributed by atoms with E-state index in [1.54, 1.807) is 18.2 Å². The van der Waals surface area contributed by atoms with Crippen molar-refractivity contribution in [3.8, 4) is 17.2 Å². The number of thioether (sulfide) groups is 2. The summed E-state index contributed by atoms with van der Waals surface area (Å²) in [5, 5.41) is 0. The van der Waals surface area contributed by atoms with Crippen LogP contribution in [0.2, 0.25) is 0 Å². The maximum atomic E-state index is 13.2. The molecule has 28 heavy (non-hydrogen) atoms. The van der Waals surface area contributed by atoms with Gasteiger partial charge in [0.1, 0.15) is 10.1 Å². The van der Waals surface area contributed by atoms with Gasteiger partial charge in [0.25, 0.3) is 5.91 Å². The number of methoxy groups -OCH3 is 1. The van der Waals surface area contributed by atoms with Gasteiger partial charge in [0.2, 0.25) is 0 Å². The molecule has 0 bridgehead atoms. The van der Waals surface area contributed by atoms with E-state index in [-0.39, 0.29) is 23.2 Å². The average molecular weight is 425 g/mol. The van der Waals surface area contributed by atoms with Crippen molar-refractivity contribution < 1.29 is 27.4 Å². The lowest BCUT2D eigenvalue weighted by Crippen LogP contribution is -2.07. The Labute approximate surface area is 167 Å². The zero-order chi connectivity index (χ0) is 20.3. The van der Waals surface area contributed by atoms with Crippen molar-refractivity contribution in [1.29, 1.82) is 0 Å². The van der Waals surface area contributed by atoms with Crippen LogP contribution < -0.4 is 9.47 Å². The number of ether oxygens (including phenoxy) is 2. The molecule has 0 fully saturated rings. The van der Waals surface area contributed by atoms with Crippen LogP contribution in [0.25, 0.3) is 6.08 Å². The van der Waals surface area contributed by atoms with E-state index in [2.05, 4.69) is 4.99 Å². The minimum Gasteiger partial charge on any atom is -0.493 e. The highest BCUT2D eigenvalue weighted by Gasteiger charge is 2.34. The van der Waals surface area contributed by atoms with Crippen LogP contribution in [0.3, 0.4) is 0 Å². The first-order valence-electron chi connectivity index (χ1n) is 7.90. The van der Waals surface area contributed by atoms with Gasteiger partial charge in [-0.2, -0.15) is 18.2 Å². The molecule has 2 aromatic carbocycles. The molecule has 9 heteroatoms. The number of carbonyl (C=O) groups is 1. The Kier molecular flexibility index (Phi) is 6.04. The smallest absolute Gasteiger partial charge is 0.419 e. The number of para-hydroxylation sites is 1. The maximum Gasteiger partial charge on any atom is 0.419 e. The summed E-state index contributed by atoms with van der Waals surface area (Å²) in [5.74, 6) is -0.271. The summed E-state index contributed by atoms with van der Waals surface area (Å²) in [4.78, 5) is 16.3. The Morgan fingerprint density at radius 1 is 1.11 bits per heavy atom. The maximum absolute atomic E-state index is 13.2. The molecule has 1 amide bonds. The Morgan fingerprint density at radius 3 is 2.50 bits per heavy atom. The van der Waals surface area contributed by atoms with Gasteiger partial charge in [0, 0.05) is 0 Å². The summed E-state index contributed by atoms with van der Waals surface area (Å²) in [6.07, 6.45) is -1.06. The number of aliphatic imine (C=N–C) groups is 1. The van der Waals surface area contributed by atoms with Gasteiger partial charge < -0.3 is 9.47 Å². The van der Waals surface area contributed by atoms with Crippen LogP contribution in [0.5, 0.6) is 17.2 Å². The lowest BCUT2D eigenvalue weighted by atomic mass is 10.1. The number of halogens is 3. The quantitative estimate of drug-likeness (QED) is 0.576. The van der Waals surface area contributed by atoms with E-state index in [1.165, 1.54) is 54.9 Å². The molecule has 0 spiro atoms. The van der Waals surface area contributed by atoms with Crippen LogP contribution >= 0.6 is 23.5 Å². The standard InChI is InChI=1S/C19H14F3NO3S2/c1-25-15-9-11(10-16-17(24)23-18(27-2)28-16)7-8-14(15)26-13-6-4-3-5-12(13)19(20,21)22/h3-10H,1-2H3/b16-10+. The fraction of sp³-hybridized carbons (Fsp3) is 0.158. The fourth-order valence-electron chi connectivity index (χ4n) is 2.40. The second kappa shape index (κ2) is 8.32. The van der Waals surface area contributed by atoms with E-state index in [9.17, 15) is 18.0 Å². The van der Waals surface area contributed by atoms with Crippen LogP contribution in [0.1, 0.15) is 11.1 Å². The molecule has 0 unspecified atom stereocenters. The van der Waals surface area contributed by atoms with Crippen molar-refractivity contribution in [2.45, 2.75) is 6.18 Å². The highest BCUT2D eigenvalue weighted by molar-refractivity contribution is 8.40. The highest BCUT2D eigenvalue weighted by atomic mass is 32.2. The molecule has 0 N–H and O–H groups in total. The minimum atomic E-state index is -4.54. The number of alkyl halides is 3. The topological polar surface area (TPSA) is 47.9 Å². The molecule has 0 aromatic heterocycles. The molecule has 146 valence electrons. The molecular weight excluding hydrogens is 411 g/mol. The minimum absolute atomic E-state index is 0.132. The molecule has 0 aliphatic carbocycles. The van der Waals surface area contributed by atoms with E-state index in [4.69, 9.17) is 9.47 Å². The van der Waals surface area contributed by atoms with Crippen LogP contribution in [-0.4, -0.2) is 23.6 Å². The van der Waals surface area contributed by atoms with Gasteiger partial charge >= 0.3 is 6.18 Å². The first-order chi connectivity index (χ1) is 13.3. The molecule has 1 aliphatic heterocycles. The third-order valence-corrected chi connectivity index (χ3v) is 5.64. The van der Waals surface area contributed by atoms with Crippen molar-refractivity contribution in [3.63, 3.8) is 0 Å². The summed E-state index contributed by atoms with van der Waals surface area (Å²) >= 11 is 2.65. The van der Waals surface area contributed by atoms with E-state index < -0.39 is 11.7 Å². The molecular formula is C19H14F3NO3S2. The van der Waals surface area contributed by atoms with Gasteiger partial charge in [-0.05, 0) is 42.2 Å². The summed E-state index contributed by atoms with van der Waals surface area (Å²) in [7, 11) is 1.39. The SMILES string of the molecule is COc1cc(/C=C2/SC(SC)=NC2=O)ccc1Oc1ccccc1C(F)(F)F. The van der Waals surface area contributed by atoms with Crippen molar-refractivity contribution in [2.24, 2.45) is 4.99 Å². The van der Waals surface area contributed by atoms with E-state index in [1.807, 2.05) is 6.26 Å². The normalized spacial score (nSPS) is 15.7. The van der Waals surface area contributed by atoms with E-state index in [0.29, 0.717) is 14.8 Å². The molecule has 1 aliphatic rings. The van der Waals surface area contributed by atoms with Crippen molar-refractivity contribution in [3.05, 3.63) is 58.5 Å². The van der Waals surface area contributed by atoms with Gasteiger partial charge in [0.05, 0.1) is 17.6 Å². The number of hydrogen-bond donors (Lipinski definition) is 0. The van der Waals surface area contributed by atoms with Gasteiger partial charge in [0.15, 0.2) is 11.5 Å². The Bertz CT molecular complexity index is 971. The number of carbonyl (C=O) groups excluding carboxylic acids is 1. The fourth-order valence-corrected chi connectivity index (χ4v) is 3.82. The molecule has 2 aromatic rings. The highest BCUT2D eigenvalue weighted by Crippen LogP contribution is 2.41. The Hall–Kier alpha value is -2.39. The van der Waals surface area contributed by atoms with Crippen LogP contribution in [0, 0.1) is 0 Å². The van der Waals surface area contributed by atoms with E-state index in [0.717, 1.165) is 6.07 Å². The summed E-state index contributed by atoms with van der Waals surface area (Å²) in [6.45, 7) is 0. The Balaban J connectivity index is 1.89. The van der Waals surface area contributed by atoms with Crippen LogP contribution in [0.15, 0.2) is 52.4 Å². The second-order valence-corrected chi connectivity index (χ2v) is 7.59. The number of benzene rings is 2. The molecule has 0 radical (unpaired) electrons. The number of rotatable bonds is 4. The van der Waals surface area contributed by atoms with Gasteiger partial charge in [-0.1, -0.05) is 30.0 Å². The predicted octanol–water partition coefficient (Wildman–Crippen LogP) is 5.84. The average Bonchev–Trinajstić information content (AvgIpc) is 3.02. The van der Waals surface area contributed by atoms with Gasteiger partial charge in [-0.25, -0.2) is 0 Å². The van der Waals surface area contributed by atoms with E-state index >= 15 is 0 Å². The number of nitrogens with zero attached hydrogens (tertiary/aromatic N) is 1. The number of amides is 1. The largest absolute Gasteiger partial charge is 0.493 e. The molecule has 1 heterocycles. The zero-order valence-electron chi connectivity index (χ0n) is 14.7. The summed E-state index contributed by atoms with van der Waals surface area (Å²) in [6, 6.07) is 9.67. The van der Waals surface area contributed by atoms with Crippen molar-refractivity contribution in [2.75, 3.05) is 13.4 Å². The third-order valence-electron chi connectivity index (χ3n) is 3.67. The zero-order valence-corrected chi connectivity index (χ0v) is 16.4. The van der Waals surface area contributed by atoms with Crippen molar-refractivity contribution in [1.82, 2.24) is 0 Å². The van der Waals surface area contributed by atoms with Gasteiger partial charge in [-0.15, -0.1) is 11.8 Å². The van der Waals surface area contributed by atoms with Crippen molar-refractivity contribution >= 4 is 39.9 Å². The lowest BCUT2D eigenvalue weighted by molar-refractivity contribution is -0.138. The second-order valence-electron chi connectivity index (χ2n) is 5.50.